The lowest BCUT2D eigenvalue weighted by molar-refractivity contribution is -0.117. The molecule has 0 N–H and O–H groups in total. The van der Waals surface area contributed by atoms with Gasteiger partial charge in [-0.15, -0.1) is 11.3 Å². The maximum atomic E-state index is 14.3. The minimum Gasteiger partial charge on any atom is -0.380 e. The van der Waals surface area contributed by atoms with E-state index in [1.807, 2.05) is 19.1 Å². The number of thiazole rings is 1. The molecular formula is C17H16ClFN2O2S2. The summed E-state index contributed by atoms with van der Waals surface area (Å²) in [6.07, 6.45) is 0.180. The summed E-state index contributed by atoms with van der Waals surface area (Å²) in [5, 5.41) is 0. The van der Waals surface area contributed by atoms with Crippen molar-refractivity contribution in [3.63, 3.8) is 0 Å². The molecule has 0 atom stereocenters. The minimum absolute atomic E-state index is 0.180. The van der Waals surface area contributed by atoms with Crippen LogP contribution in [0.25, 0.3) is 10.2 Å². The first kappa shape index (κ1) is 18.3. The van der Waals surface area contributed by atoms with Crippen LogP contribution < -0.4 is 4.80 Å². The van der Waals surface area contributed by atoms with Crippen LogP contribution in [0, 0.1) is 5.82 Å². The van der Waals surface area contributed by atoms with E-state index in [1.165, 1.54) is 28.7 Å². The van der Waals surface area contributed by atoms with Crippen LogP contribution in [0.15, 0.2) is 35.3 Å². The van der Waals surface area contributed by atoms with Gasteiger partial charge in [0.05, 0.1) is 27.6 Å². The van der Waals surface area contributed by atoms with Crippen molar-refractivity contribution in [1.29, 1.82) is 0 Å². The Bertz CT molecular complexity index is 961. The predicted octanol–water partition coefficient (Wildman–Crippen LogP) is 4.26. The molecular weight excluding hydrogens is 383 g/mol. The summed E-state index contributed by atoms with van der Waals surface area (Å²) in [5.74, 6) is -0.611. The first-order valence-corrected chi connectivity index (χ1v) is 9.77. The number of aromatic nitrogens is 1. The second kappa shape index (κ2) is 8.23. The number of thiophene rings is 1. The van der Waals surface area contributed by atoms with Crippen molar-refractivity contribution < 1.29 is 13.9 Å². The van der Waals surface area contributed by atoms with Crippen LogP contribution in [0.3, 0.4) is 0 Å². The molecule has 0 radical (unpaired) electrons. The number of hydrogen-bond donors (Lipinski definition) is 0. The summed E-state index contributed by atoms with van der Waals surface area (Å²) in [4.78, 5) is 17.8. The number of benzene rings is 1. The Labute approximate surface area is 157 Å². The first-order chi connectivity index (χ1) is 12.1. The molecule has 0 unspecified atom stereocenters. The maximum absolute atomic E-state index is 14.3. The van der Waals surface area contributed by atoms with E-state index in [4.69, 9.17) is 16.3 Å². The number of nitrogens with zero attached hydrogens (tertiary/aromatic N) is 2. The second-order valence-corrected chi connectivity index (χ2v) is 8.02. The summed E-state index contributed by atoms with van der Waals surface area (Å²) in [7, 11) is 0. The van der Waals surface area contributed by atoms with Gasteiger partial charge in [0, 0.05) is 18.0 Å². The zero-order chi connectivity index (χ0) is 17.8. The number of amides is 1. The molecule has 132 valence electrons. The van der Waals surface area contributed by atoms with Gasteiger partial charge in [-0.05, 0) is 31.2 Å². The molecule has 0 aliphatic heterocycles. The van der Waals surface area contributed by atoms with E-state index in [9.17, 15) is 9.18 Å². The van der Waals surface area contributed by atoms with E-state index in [0.29, 0.717) is 34.4 Å². The van der Waals surface area contributed by atoms with E-state index >= 15 is 0 Å². The third-order valence-corrected chi connectivity index (χ3v) is 5.76. The van der Waals surface area contributed by atoms with Gasteiger partial charge in [0.1, 0.15) is 5.82 Å². The van der Waals surface area contributed by atoms with E-state index in [2.05, 4.69) is 4.99 Å². The summed E-state index contributed by atoms with van der Waals surface area (Å²) in [6.45, 7) is 3.35. The summed E-state index contributed by atoms with van der Waals surface area (Å²) in [5.41, 5.74) is 0.456. The minimum atomic E-state index is -0.329. The molecule has 0 fully saturated rings. The van der Waals surface area contributed by atoms with Crippen molar-refractivity contribution in [2.24, 2.45) is 4.99 Å². The number of ether oxygens (including phenoxy) is 1. The van der Waals surface area contributed by atoms with Crippen LogP contribution in [-0.2, 0) is 22.5 Å². The average molecular weight is 399 g/mol. The molecule has 0 spiro atoms. The molecule has 2 aromatic heterocycles. The van der Waals surface area contributed by atoms with E-state index in [-0.39, 0.29) is 18.1 Å². The van der Waals surface area contributed by atoms with Gasteiger partial charge >= 0.3 is 0 Å². The number of carbonyl (C=O) groups is 1. The normalized spacial score (nSPS) is 12.2. The van der Waals surface area contributed by atoms with Crippen molar-refractivity contribution in [2.75, 3.05) is 13.2 Å². The third kappa shape index (κ3) is 4.36. The highest BCUT2D eigenvalue weighted by Gasteiger charge is 2.12. The quantitative estimate of drug-likeness (QED) is 0.582. The molecule has 3 rings (SSSR count). The Morgan fingerprint density at radius 1 is 1.32 bits per heavy atom. The van der Waals surface area contributed by atoms with Crippen LogP contribution in [0.1, 0.15) is 11.8 Å². The number of halogens is 2. The van der Waals surface area contributed by atoms with E-state index in [1.54, 1.807) is 16.7 Å². The van der Waals surface area contributed by atoms with Crippen molar-refractivity contribution in [1.82, 2.24) is 4.57 Å². The first-order valence-electron chi connectivity index (χ1n) is 7.76. The topological polar surface area (TPSA) is 43.6 Å². The van der Waals surface area contributed by atoms with Crippen LogP contribution >= 0.6 is 34.3 Å². The SMILES string of the molecule is CCOCCn1c(=NC(=O)Cc2ccc(Cl)s2)sc2cccc(F)c21. The van der Waals surface area contributed by atoms with E-state index < -0.39 is 0 Å². The Morgan fingerprint density at radius 2 is 2.16 bits per heavy atom. The maximum Gasteiger partial charge on any atom is 0.253 e. The van der Waals surface area contributed by atoms with Crippen molar-refractivity contribution in [3.8, 4) is 0 Å². The number of fused-ring (bicyclic) bond motifs is 1. The largest absolute Gasteiger partial charge is 0.380 e. The number of para-hydroxylation sites is 1. The monoisotopic (exact) mass is 398 g/mol. The highest BCUT2D eigenvalue weighted by Crippen LogP contribution is 2.22. The van der Waals surface area contributed by atoms with Gasteiger partial charge in [0.15, 0.2) is 4.80 Å². The van der Waals surface area contributed by atoms with Gasteiger partial charge in [-0.2, -0.15) is 4.99 Å². The van der Waals surface area contributed by atoms with Crippen LogP contribution in [0.5, 0.6) is 0 Å². The molecule has 8 heteroatoms. The standard InChI is InChI=1S/C17H16ClFN2O2S2/c1-2-23-9-8-21-16-12(19)4-3-5-13(16)25-17(21)20-15(22)10-11-6-7-14(18)24-11/h3-7H,2,8-10H2,1H3. The molecule has 3 aromatic rings. The molecule has 0 aliphatic rings. The van der Waals surface area contributed by atoms with Crippen molar-refractivity contribution >= 4 is 50.4 Å². The fraction of sp³-hybridized carbons (Fsp3) is 0.294. The van der Waals surface area contributed by atoms with Gasteiger partial charge in [0.2, 0.25) is 0 Å². The number of carbonyl (C=O) groups excluding carboxylic acids is 1. The smallest absolute Gasteiger partial charge is 0.253 e. The van der Waals surface area contributed by atoms with Gasteiger partial charge in [-0.1, -0.05) is 29.0 Å². The van der Waals surface area contributed by atoms with Crippen LogP contribution in [-0.4, -0.2) is 23.7 Å². The Kier molecular flexibility index (Phi) is 6.01. The van der Waals surface area contributed by atoms with E-state index in [0.717, 1.165) is 9.58 Å². The fourth-order valence-electron chi connectivity index (χ4n) is 2.42. The predicted molar refractivity (Wildman–Crippen MR) is 99.9 cm³/mol. The molecule has 4 nitrogen and oxygen atoms in total. The van der Waals surface area contributed by atoms with Crippen LogP contribution in [0.2, 0.25) is 4.34 Å². The summed E-state index contributed by atoms with van der Waals surface area (Å²) < 4.78 is 22.7. The molecule has 1 amide bonds. The van der Waals surface area contributed by atoms with Gasteiger partial charge in [-0.25, -0.2) is 4.39 Å². The fourth-order valence-corrected chi connectivity index (χ4v) is 4.59. The van der Waals surface area contributed by atoms with Crippen molar-refractivity contribution in [2.45, 2.75) is 19.9 Å². The average Bonchev–Trinajstić information content (AvgIpc) is 3.12. The molecule has 0 saturated heterocycles. The zero-order valence-corrected chi connectivity index (χ0v) is 15.9. The molecule has 25 heavy (non-hydrogen) atoms. The molecule has 2 heterocycles. The summed E-state index contributed by atoms with van der Waals surface area (Å²) >= 11 is 8.54. The Morgan fingerprint density at radius 3 is 2.88 bits per heavy atom. The van der Waals surface area contributed by atoms with Crippen molar-refractivity contribution in [3.05, 3.63) is 50.2 Å². The molecule has 0 aliphatic carbocycles. The lowest BCUT2D eigenvalue weighted by atomic mass is 10.3. The highest BCUT2D eigenvalue weighted by atomic mass is 35.5. The van der Waals surface area contributed by atoms with Gasteiger partial charge in [-0.3, -0.25) is 4.79 Å². The molecule has 1 aromatic carbocycles. The Hall–Kier alpha value is -1.54. The lowest BCUT2D eigenvalue weighted by Gasteiger charge is -2.05. The van der Waals surface area contributed by atoms with Gasteiger partial charge < -0.3 is 9.30 Å². The highest BCUT2D eigenvalue weighted by molar-refractivity contribution is 7.16. The third-order valence-electron chi connectivity index (χ3n) is 3.49. The summed E-state index contributed by atoms with van der Waals surface area (Å²) in [6, 6.07) is 8.45. The molecule has 0 bridgehead atoms. The lowest BCUT2D eigenvalue weighted by Crippen LogP contribution is -2.20. The number of rotatable bonds is 6. The number of hydrogen-bond acceptors (Lipinski definition) is 4. The van der Waals surface area contributed by atoms with Gasteiger partial charge in [0.25, 0.3) is 5.91 Å². The Balaban J connectivity index is 1.97. The van der Waals surface area contributed by atoms with Crippen LogP contribution in [0.4, 0.5) is 4.39 Å². The molecule has 0 saturated carbocycles. The second-order valence-electron chi connectivity index (χ2n) is 5.21. The zero-order valence-electron chi connectivity index (χ0n) is 13.5.